The number of nitrogens with one attached hydrogen (secondary N) is 1. The second-order valence-corrected chi connectivity index (χ2v) is 6.01. The molecule has 1 aromatic heterocycles. The Hall–Kier alpha value is -0.830. The lowest BCUT2D eigenvalue weighted by Gasteiger charge is -2.21. The number of hydrogen-bond donors (Lipinski definition) is 2. The van der Waals surface area contributed by atoms with Crippen LogP contribution >= 0.6 is 0 Å². The fourth-order valence-electron chi connectivity index (χ4n) is 1.61. The highest BCUT2D eigenvalue weighted by Crippen LogP contribution is 2.25. The van der Waals surface area contributed by atoms with Crippen molar-refractivity contribution in [1.82, 2.24) is 10.2 Å². The van der Waals surface area contributed by atoms with E-state index in [9.17, 15) is 0 Å². The predicted octanol–water partition coefficient (Wildman–Crippen LogP) is 2.38. The standard InChI is InChI=1S/C12H23N3/c1-11(2,3)10-9(8-14-15-10)6-7-12(4,5)13/h8H,6-7,13H2,1-5H3,(H,14,15). The summed E-state index contributed by atoms with van der Waals surface area (Å²) in [6.45, 7) is 10.7. The van der Waals surface area contributed by atoms with Crippen molar-refractivity contribution in [3.63, 3.8) is 0 Å². The van der Waals surface area contributed by atoms with E-state index in [-0.39, 0.29) is 11.0 Å². The number of aromatic amines is 1. The number of hydrogen-bond acceptors (Lipinski definition) is 2. The van der Waals surface area contributed by atoms with E-state index in [1.54, 1.807) is 0 Å². The molecule has 3 N–H and O–H groups in total. The minimum Gasteiger partial charge on any atom is -0.326 e. The van der Waals surface area contributed by atoms with Crippen LogP contribution < -0.4 is 5.73 Å². The molecule has 0 aliphatic rings. The molecule has 1 aromatic rings. The summed E-state index contributed by atoms with van der Waals surface area (Å²) in [4.78, 5) is 0. The molecule has 0 fully saturated rings. The largest absolute Gasteiger partial charge is 0.326 e. The smallest absolute Gasteiger partial charge is 0.0522 e. The molecule has 1 rings (SSSR count). The average Bonchev–Trinajstić information content (AvgIpc) is 2.45. The third-order valence-electron chi connectivity index (χ3n) is 2.51. The fraction of sp³-hybridized carbons (Fsp3) is 0.750. The molecule has 0 amide bonds. The zero-order valence-corrected chi connectivity index (χ0v) is 10.5. The second kappa shape index (κ2) is 3.97. The van der Waals surface area contributed by atoms with E-state index in [2.05, 4.69) is 44.8 Å². The van der Waals surface area contributed by atoms with Gasteiger partial charge in [-0.2, -0.15) is 5.10 Å². The maximum atomic E-state index is 5.98. The van der Waals surface area contributed by atoms with Crippen LogP contribution in [0.2, 0.25) is 0 Å². The second-order valence-electron chi connectivity index (χ2n) is 6.01. The molecule has 0 bridgehead atoms. The summed E-state index contributed by atoms with van der Waals surface area (Å²) in [6, 6.07) is 0. The number of rotatable bonds is 3. The van der Waals surface area contributed by atoms with Crippen LogP contribution in [0.5, 0.6) is 0 Å². The fourth-order valence-corrected chi connectivity index (χ4v) is 1.61. The molecule has 0 spiro atoms. The van der Waals surface area contributed by atoms with Gasteiger partial charge < -0.3 is 5.73 Å². The van der Waals surface area contributed by atoms with Gasteiger partial charge in [0, 0.05) is 16.6 Å². The van der Waals surface area contributed by atoms with E-state index in [4.69, 9.17) is 5.73 Å². The highest BCUT2D eigenvalue weighted by atomic mass is 15.1. The molecule has 3 nitrogen and oxygen atoms in total. The lowest BCUT2D eigenvalue weighted by atomic mass is 9.87. The normalized spacial score (nSPS) is 13.2. The number of aromatic nitrogens is 2. The van der Waals surface area contributed by atoms with Crippen molar-refractivity contribution in [1.29, 1.82) is 0 Å². The van der Waals surface area contributed by atoms with Crippen molar-refractivity contribution in [2.75, 3.05) is 0 Å². The third-order valence-corrected chi connectivity index (χ3v) is 2.51. The van der Waals surface area contributed by atoms with Crippen LogP contribution in [0.4, 0.5) is 0 Å². The number of nitrogens with two attached hydrogens (primary N) is 1. The molecule has 15 heavy (non-hydrogen) atoms. The van der Waals surface area contributed by atoms with Gasteiger partial charge in [-0.05, 0) is 32.3 Å². The topological polar surface area (TPSA) is 54.7 Å². The molecule has 0 atom stereocenters. The molecule has 3 heteroatoms. The summed E-state index contributed by atoms with van der Waals surface area (Å²) in [5, 5.41) is 7.21. The quantitative estimate of drug-likeness (QED) is 0.803. The lowest BCUT2D eigenvalue weighted by molar-refractivity contribution is 0.472. The lowest BCUT2D eigenvalue weighted by Crippen LogP contribution is -2.32. The van der Waals surface area contributed by atoms with Crippen LogP contribution in [0.25, 0.3) is 0 Å². The Labute approximate surface area is 92.5 Å². The average molecular weight is 209 g/mol. The van der Waals surface area contributed by atoms with Crippen LogP contribution in [0.1, 0.15) is 52.3 Å². The van der Waals surface area contributed by atoms with Gasteiger partial charge in [0.2, 0.25) is 0 Å². The Morgan fingerprint density at radius 1 is 1.27 bits per heavy atom. The van der Waals surface area contributed by atoms with Gasteiger partial charge in [0.1, 0.15) is 0 Å². The predicted molar refractivity (Wildman–Crippen MR) is 63.9 cm³/mol. The Balaban J connectivity index is 2.75. The molecule has 1 heterocycles. The van der Waals surface area contributed by atoms with E-state index in [1.807, 2.05) is 6.20 Å². The van der Waals surface area contributed by atoms with Crippen molar-refractivity contribution in [2.24, 2.45) is 5.73 Å². The summed E-state index contributed by atoms with van der Waals surface area (Å²) in [5.74, 6) is 0. The van der Waals surface area contributed by atoms with Crippen LogP contribution in [0.15, 0.2) is 6.20 Å². The minimum absolute atomic E-state index is 0.105. The SMILES string of the molecule is CC(C)(N)CCc1cn[nH]c1C(C)(C)C. The summed E-state index contributed by atoms with van der Waals surface area (Å²) in [6.07, 6.45) is 3.90. The highest BCUT2D eigenvalue weighted by molar-refractivity contribution is 5.23. The van der Waals surface area contributed by atoms with E-state index >= 15 is 0 Å². The molecule has 0 aromatic carbocycles. The van der Waals surface area contributed by atoms with Gasteiger partial charge in [-0.15, -0.1) is 0 Å². The molecule has 0 unspecified atom stereocenters. The molecular weight excluding hydrogens is 186 g/mol. The first kappa shape index (κ1) is 12.2. The summed E-state index contributed by atoms with van der Waals surface area (Å²) < 4.78 is 0. The monoisotopic (exact) mass is 209 g/mol. The molecule has 0 aliphatic heterocycles. The molecule has 0 saturated carbocycles. The Bertz CT molecular complexity index is 312. The number of aryl methyl sites for hydroxylation is 1. The Kier molecular flexibility index (Phi) is 3.24. The van der Waals surface area contributed by atoms with Crippen molar-refractivity contribution >= 4 is 0 Å². The molecule has 0 saturated heterocycles. The van der Waals surface area contributed by atoms with Gasteiger partial charge in [-0.1, -0.05) is 20.8 Å². The number of nitrogens with zero attached hydrogens (tertiary/aromatic N) is 1. The van der Waals surface area contributed by atoms with Crippen molar-refractivity contribution < 1.29 is 0 Å². The first-order valence-corrected chi connectivity index (χ1v) is 5.52. The van der Waals surface area contributed by atoms with E-state index in [0.29, 0.717) is 0 Å². The number of H-pyrrole nitrogens is 1. The zero-order valence-electron chi connectivity index (χ0n) is 10.5. The van der Waals surface area contributed by atoms with Crippen LogP contribution in [0, 0.1) is 0 Å². The minimum atomic E-state index is -0.105. The van der Waals surface area contributed by atoms with E-state index in [0.717, 1.165) is 12.8 Å². The van der Waals surface area contributed by atoms with Crippen LogP contribution in [-0.4, -0.2) is 15.7 Å². The summed E-state index contributed by atoms with van der Waals surface area (Å²) in [5.41, 5.74) is 8.53. The summed E-state index contributed by atoms with van der Waals surface area (Å²) >= 11 is 0. The van der Waals surface area contributed by atoms with Gasteiger partial charge >= 0.3 is 0 Å². The van der Waals surface area contributed by atoms with Crippen LogP contribution in [0.3, 0.4) is 0 Å². The zero-order chi connectivity index (χ0) is 11.7. The van der Waals surface area contributed by atoms with Gasteiger partial charge in [0.15, 0.2) is 0 Å². The third kappa shape index (κ3) is 3.67. The van der Waals surface area contributed by atoms with Gasteiger partial charge in [0.05, 0.1) is 6.20 Å². The van der Waals surface area contributed by atoms with Gasteiger partial charge in [-0.25, -0.2) is 0 Å². The highest BCUT2D eigenvalue weighted by Gasteiger charge is 2.21. The van der Waals surface area contributed by atoms with Crippen LogP contribution in [-0.2, 0) is 11.8 Å². The maximum Gasteiger partial charge on any atom is 0.0522 e. The van der Waals surface area contributed by atoms with Crippen molar-refractivity contribution in [3.05, 3.63) is 17.5 Å². The van der Waals surface area contributed by atoms with Crippen molar-refractivity contribution in [2.45, 2.75) is 58.4 Å². The van der Waals surface area contributed by atoms with Gasteiger partial charge in [0.25, 0.3) is 0 Å². The maximum absolute atomic E-state index is 5.98. The van der Waals surface area contributed by atoms with E-state index in [1.165, 1.54) is 11.3 Å². The van der Waals surface area contributed by atoms with E-state index < -0.39 is 0 Å². The Morgan fingerprint density at radius 3 is 2.33 bits per heavy atom. The molecule has 0 aliphatic carbocycles. The first-order chi connectivity index (χ1) is 6.70. The van der Waals surface area contributed by atoms with Crippen molar-refractivity contribution in [3.8, 4) is 0 Å². The summed E-state index contributed by atoms with van der Waals surface area (Å²) in [7, 11) is 0. The molecule has 86 valence electrons. The molecular formula is C12H23N3. The Morgan fingerprint density at radius 2 is 1.87 bits per heavy atom. The molecule has 0 radical (unpaired) electrons. The van der Waals surface area contributed by atoms with Gasteiger partial charge in [-0.3, -0.25) is 5.10 Å². The first-order valence-electron chi connectivity index (χ1n) is 5.52.